The molecule has 1 saturated heterocycles. The van der Waals surface area contributed by atoms with Crippen molar-refractivity contribution in [3.05, 3.63) is 34.2 Å². The predicted octanol–water partition coefficient (Wildman–Crippen LogP) is 1.26. The lowest BCUT2D eigenvalue weighted by Crippen LogP contribution is -2.30. The maximum atomic E-state index is 12.0. The summed E-state index contributed by atoms with van der Waals surface area (Å²) in [6, 6.07) is 3.64. The van der Waals surface area contributed by atoms with E-state index in [0.29, 0.717) is 12.1 Å². The van der Waals surface area contributed by atoms with E-state index < -0.39 is 0 Å². The van der Waals surface area contributed by atoms with Crippen molar-refractivity contribution in [3.8, 4) is 0 Å². The summed E-state index contributed by atoms with van der Waals surface area (Å²) in [4.78, 5) is 12.0. The summed E-state index contributed by atoms with van der Waals surface area (Å²) in [5, 5.41) is 0. The highest BCUT2D eigenvalue weighted by atomic mass is 16.5. The van der Waals surface area contributed by atoms with E-state index in [0.717, 1.165) is 12.8 Å². The number of hydrogen-bond acceptors (Lipinski definition) is 3. The molecule has 0 aromatic carbocycles. The summed E-state index contributed by atoms with van der Waals surface area (Å²) >= 11 is 0. The van der Waals surface area contributed by atoms with E-state index in [2.05, 4.69) is 13.8 Å². The van der Waals surface area contributed by atoms with Crippen molar-refractivity contribution in [1.82, 2.24) is 4.57 Å². The molecule has 1 aromatic heterocycles. The van der Waals surface area contributed by atoms with Gasteiger partial charge in [0.25, 0.3) is 5.56 Å². The Morgan fingerprint density at radius 2 is 2.35 bits per heavy atom. The predicted molar refractivity (Wildman–Crippen MR) is 66.8 cm³/mol. The first-order valence-electron chi connectivity index (χ1n) is 6.08. The average molecular weight is 236 g/mol. The standard InChI is InChI=1S/C13H20N2O2/c1-13(2)6-5-11(17-13)9-15-7-3-4-10(8-14)12(15)16/h3-4,7,11H,5-6,8-9,14H2,1-2H3. The third kappa shape index (κ3) is 2.76. The van der Waals surface area contributed by atoms with Gasteiger partial charge in [0.1, 0.15) is 0 Å². The van der Waals surface area contributed by atoms with Crippen molar-refractivity contribution in [2.45, 2.75) is 51.5 Å². The monoisotopic (exact) mass is 236 g/mol. The third-order valence-corrected chi connectivity index (χ3v) is 3.27. The van der Waals surface area contributed by atoms with Crippen molar-refractivity contribution >= 4 is 0 Å². The Morgan fingerprint density at radius 1 is 1.59 bits per heavy atom. The van der Waals surface area contributed by atoms with Crippen LogP contribution in [0.4, 0.5) is 0 Å². The zero-order valence-electron chi connectivity index (χ0n) is 10.5. The number of nitrogens with two attached hydrogens (primary N) is 1. The highest BCUT2D eigenvalue weighted by molar-refractivity contribution is 5.09. The minimum Gasteiger partial charge on any atom is -0.370 e. The van der Waals surface area contributed by atoms with E-state index in [4.69, 9.17) is 10.5 Å². The summed E-state index contributed by atoms with van der Waals surface area (Å²) in [6.07, 6.45) is 3.99. The van der Waals surface area contributed by atoms with Gasteiger partial charge < -0.3 is 15.0 Å². The lowest BCUT2D eigenvalue weighted by atomic mass is 10.1. The quantitative estimate of drug-likeness (QED) is 0.859. The summed E-state index contributed by atoms with van der Waals surface area (Å²) in [7, 11) is 0. The third-order valence-electron chi connectivity index (χ3n) is 3.27. The molecule has 1 aliphatic rings. The van der Waals surface area contributed by atoms with Gasteiger partial charge in [0.2, 0.25) is 0 Å². The highest BCUT2D eigenvalue weighted by Gasteiger charge is 2.31. The van der Waals surface area contributed by atoms with Crippen LogP contribution < -0.4 is 11.3 Å². The van der Waals surface area contributed by atoms with Crippen molar-refractivity contribution in [1.29, 1.82) is 0 Å². The Balaban J connectivity index is 2.12. The second kappa shape index (κ2) is 4.63. The van der Waals surface area contributed by atoms with Crippen molar-refractivity contribution in [2.75, 3.05) is 0 Å². The van der Waals surface area contributed by atoms with Gasteiger partial charge in [0, 0.05) is 18.3 Å². The molecule has 1 fully saturated rings. The lowest BCUT2D eigenvalue weighted by Gasteiger charge is -2.20. The molecule has 1 unspecified atom stereocenters. The van der Waals surface area contributed by atoms with Crippen LogP contribution in [0.5, 0.6) is 0 Å². The Kier molecular flexibility index (Phi) is 3.35. The minimum atomic E-state index is -0.0558. The van der Waals surface area contributed by atoms with E-state index >= 15 is 0 Å². The normalized spacial score (nSPS) is 22.9. The molecule has 1 aliphatic heterocycles. The Morgan fingerprint density at radius 3 is 2.94 bits per heavy atom. The molecule has 17 heavy (non-hydrogen) atoms. The Bertz CT molecular complexity index is 451. The maximum absolute atomic E-state index is 12.0. The fraction of sp³-hybridized carbons (Fsp3) is 0.615. The molecule has 1 atom stereocenters. The minimum absolute atomic E-state index is 0.00306. The van der Waals surface area contributed by atoms with Gasteiger partial charge in [-0.25, -0.2) is 0 Å². The van der Waals surface area contributed by atoms with Crippen LogP contribution in [-0.2, 0) is 17.8 Å². The number of nitrogens with zero attached hydrogens (tertiary/aromatic N) is 1. The average Bonchev–Trinajstić information content (AvgIpc) is 2.61. The molecule has 0 saturated carbocycles. The second-order valence-electron chi connectivity index (χ2n) is 5.23. The SMILES string of the molecule is CC1(C)CCC(Cn2cccc(CN)c2=O)O1. The molecular weight excluding hydrogens is 216 g/mol. The van der Waals surface area contributed by atoms with Crippen LogP contribution in [0.1, 0.15) is 32.3 Å². The van der Waals surface area contributed by atoms with Gasteiger partial charge in [0.05, 0.1) is 18.2 Å². The summed E-state index contributed by atoms with van der Waals surface area (Å²) < 4.78 is 7.59. The molecule has 0 radical (unpaired) electrons. The van der Waals surface area contributed by atoms with Crippen molar-refractivity contribution in [2.24, 2.45) is 5.73 Å². The molecular formula is C13H20N2O2. The molecule has 4 heteroatoms. The van der Waals surface area contributed by atoms with Gasteiger partial charge >= 0.3 is 0 Å². The number of aromatic nitrogens is 1. The molecule has 2 rings (SSSR count). The summed E-state index contributed by atoms with van der Waals surface area (Å²) in [6.45, 7) is 5.09. The maximum Gasteiger partial charge on any atom is 0.255 e. The summed E-state index contributed by atoms with van der Waals surface area (Å²) in [5.74, 6) is 0. The van der Waals surface area contributed by atoms with Crippen LogP contribution in [-0.4, -0.2) is 16.3 Å². The van der Waals surface area contributed by atoms with Gasteiger partial charge in [-0.3, -0.25) is 4.79 Å². The van der Waals surface area contributed by atoms with E-state index in [1.807, 2.05) is 6.07 Å². The first-order chi connectivity index (χ1) is 8.02. The van der Waals surface area contributed by atoms with Crippen molar-refractivity contribution in [3.63, 3.8) is 0 Å². The summed E-state index contributed by atoms with van der Waals surface area (Å²) in [5.41, 5.74) is 6.13. The molecule has 2 heterocycles. The fourth-order valence-electron chi connectivity index (χ4n) is 2.31. The Labute approximate surface area is 101 Å². The van der Waals surface area contributed by atoms with Crippen LogP contribution >= 0.6 is 0 Å². The highest BCUT2D eigenvalue weighted by Crippen LogP contribution is 2.29. The molecule has 1 aromatic rings. The molecule has 2 N–H and O–H groups in total. The first kappa shape index (κ1) is 12.3. The van der Waals surface area contributed by atoms with Gasteiger partial charge in [-0.1, -0.05) is 6.07 Å². The number of hydrogen-bond donors (Lipinski definition) is 1. The Hall–Kier alpha value is -1.13. The van der Waals surface area contributed by atoms with Gasteiger partial charge in [-0.15, -0.1) is 0 Å². The van der Waals surface area contributed by atoms with Crippen LogP contribution in [0.2, 0.25) is 0 Å². The zero-order valence-corrected chi connectivity index (χ0v) is 10.5. The molecule has 0 aliphatic carbocycles. The molecule has 0 bridgehead atoms. The van der Waals surface area contributed by atoms with Crippen molar-refractivity contribution < 1.29 is 4.74 Å². The smallest absolute Gasteiger partial charge is 0.255 e. The van der Waals surface area contributed by atoms with Gasteiger partial charge in [-0.2, -0.15) is 0 Å². The molecule has 0 amide bonds. The molecule has 0 spiro atoms. The second-order valence-corrected chi connectivity index (χ2v) is 5.23. The topological polar surface area (TPSA) is 57.2 Å². The molecule has 4 nitrogen and oxygen atoms in total. The number of ether oxygens (including phenoxy) is 1. The van der Waals surface area contributed by atoms with E-state index in [-0.39, 0.29) is 23.8 Å². The largest absolute Gasteiger partial charge is 0.370 e. The fourth-order valence-corrected chi connectivity index (χ4v) is 2.31. The first-order valence-corrected chi connectivity index (χ1v) is 6.08. The van der Waals surface area contributed by atoms with E-state index in [9.17, 15) is 4.79 Å². The van der Waals surface area contributed by atoms with Gasteiger partial charge in [-0.05, 0) is 32.8 Å². The van der Waals surface area contributed by atoms with Gasteiger partial charge in [0.15, 0.2) is 0 Å². The number of pyridine rings is 1. The van der Waals surface area contributed by atoms with Crippen LogP contribution in [0.25, 0.3) is 0 Å². The zero-order chi connectivity index (χ0) is 12.5. The number of rotatable bonds is 3. The van der Waals surface area contributed by atoms with Crippen LogP contribution in [0.15, 0.2) is 23.1 Å². The van der Waals surface area contributed by atoms with E-state index in [1.54, 1.807) is 16.8 Å². The lowest BCUT2D eigenvalue weighted by molar-refractivity contribution is -0.0220. The van der Waals surface area contributed by atoms with Crippen LogP contribution in [0.3, 0.4) is 0 Å². The molecule has 94 valence electrons. The van der Waals surface area contributed by atoms with Crippen LogP contribution in [0, 0.1) is 0 Å². The van der Waals surface area contributed by atoms with E-state index in [1.165, 1.54) is 0 Å².